The third-order valence-corrected chi connectivity index (χ3v) is 4.27. The van der Waals surface area contributed by atoms with Crippen LogP contribution in [0.5, 0.6) is 0 Å². The van der Waals surface area contributed by atoms with Gasteiger partial charge < -0.3 is 11.1 Å². The van der Waals surface area contributed by atoms with Crippen LogP contribution in [-0.4, -0.2) is 0 Å². The second kappa shape index (κ2) is 5.48. The largest absolute Gasteiger partial charge is 0.398 e. The number of hydrogen-bond acceptors (Lipinski definition) is 3. The summed E-state index contributed by atoms with van der Waals surface area (Å²) in [5, 5.41) is 5.47. The molecular formula is C12H13BrN2S. The van der Waals surface area contributed by atoms with Gasteiger partial charge in [-0.25, -0.2) is 0 Å². The molecule has 16 heavy (non-hydrogen) atoms. The van der Waals surface area contributed by atoms with Crippen LogP contribution < -0.4 is 11.1 Å². The Bertz CT molecular complexity index is 468. The third kappa shape index (κ3) is 2.84. The van der Waals surface area contributed by atoms with E-state index < -0.39 is 0 Å². The maximum Gasteiger partial charge on any atom is 0.0359 e. The van der Waals surface area contributed by atoms with E-state index in [-0.39, 0.29) is 0 Å². The van der Waals surface area contributed by atoms with Gasteiger partial charge in [0.25, 0.3) is 0 Å². The molecule has 4 heteroatoms. The summed E-state index contributed by atoms with van der Waals surface area (Å²) in [6.07, 6.45) is 0. The molecule has 2 aromatic rings. The number of para-hydroxylation sites is 1. The van der Waals surface area contributed by atoms with Gasteiger partial charge >= 0.3 is 0 Å². The number of thiophene rings is 1. The molecule has 0 radical (unpaired) electrons. The van der Waals surface area contributed by atoms with Crippen molar-refractivity contribution in [1.82, 2.24) is 5.32 Å². The minimum Gasteiger partial charge on any atom is -0.398 e. The molecule has 0 fully saturated rings. The highest BCUT2D eigenvalue weighted by Gasteiger charge is 2.01. The van der Waals surface area contributed by atoms with Crippen LogP contribution in [-0.2, 0) is 13.1 Å². The van der Waals surface area contributed by atoms with Crippen LogP contribution in [0, 0.1) is 0 Å². The second-order valence-corrected chi connectivity index (χ2v) is 5.35. The molecule has 1 aromatic heterocycles. The molecular weight excluding hydrogens is 284 g/mol. The van der Waals surface area contributed by atoms with E-state index in [1.807, 2.05) is 24.3 Å². The number of benzene rings is 1. The van der Waals surface area contributed by atoms with Crippen LogP contribution in [0.25, 0.3) is 0 Å². The molecule has 0 bridgehead atoms. The van der Waals surface area contributed by atoms with Gasteiger partial charge in [-0.2, -0.15) is 0 Å². The third-order valence-electron chi connectivity index (χ3n) is 2.35. The Labute approximate surface area is 108 Å². The molecule has 2 nitrogen and oxygen atoms in total. The summed E-state index contributed by atoms with van der Waals surface area (Å²) in [5.41, 5.74) is 7.86. The zero-order chi connectivity index (χ0) is 11.4. The summed E-state index contributed by atoms with van der Waals surface area (Å²) in [5.74, 6) is 0. The van der Waals surface area contributed by atoms with Crippen LogP contribution in [0.1, 0.15) is 10.4 Å². The Morgan fingerprint density at radius 2 is 2.00 bits per heavy atom. The lowest BCUT2D eigenvalue weighted by Gasteiger charge is -2.06. The van der Waals surface area contributed by atoms with E-state index in [9.17, 15) is 0 Å². The van der Waals surface area contributed by atoms with Crippen LogP contribution >= 0.6 is 27.3 Å². The molecule has 2 rings (SSSR count). The number of anilines is 1. The predicted octanol–water partition coefficient (Wildman–Crippen LogP) is 3.38. The fraction of sp³-hybridized carbons (Fsp3) is 0.167. The van der Waals surface area contributed by atoms with E-state index >= 15 is 0 Å². The minimum atomic E-state index is 0.803. The first-order chi connectivity index (χ1) is 7.77. The second-order valence-electron chi connectivity index (χ2n) is 3.49. The lowest BCUT2D eigenvalue weighted by molar-refractivity contribution is 0.701. The molecule has 0 saturated heterocycles. The Morgan fingerprint density at radius 3 is 2.69 bits per heavy atom. The summed E-state index contributed by atoms with van der Waals surface area (Å²) in [6.45, 7) is 1.67. The molecule has 0 aliphatic heterocycles. The average Bonchev–Trinajstić information content (AvgIpc) is 2.67. The first-order valence-corrected chi connectivity index (χ1v) is 6.70. The fourth-order valence-corrected chi connectivity index (χ4v) is 2.92. The Hall–Kier alpha value is -0.840. The summed E-state index contributed by atoms with van der Waals surface area (Å²) in [7, 11) is 0. The molecule has 0 atom stereocenters. The molecule has 84 valence electrons. The molecule has 1 aromatic carbocycles. The molecule has 3 N–H and O–H groups in total. The zero-order valence-electron chi connectivity index (χ0n) is 8.74. The molecule has 0 unspecified atom stereocenters. The van der Waals surface area contributed by atoms with E-state index in [0.717, 1.165) is 24.3 Å². The number of nitrogens with two attached hydrogens (primary N) is 1. The average molecular weight is 297 g/mol. The Morgan fingerprint density at radius 1 is 1.19 bits per heavy atom. The van der Waals surface area contributed by atoms with Crippen molar-refractivity contribution < 1.29 is 0 Å². The lowest BCUT2D eigenvalue weighted by Crippen LogP contribution is -2.13. The van der Waals surface area contributed by atoms with Gasteiger partial charge in [-0.15, -0.1) is 11.3 Å². The minimum absolute atomic E-state index is 0.803. The van der Waals surface area contributed by atoms with Gasteiger partial charge in [-0.3, -0.25) is 0 Å². The van der Waals surface area contributed by atoms with Gasteiger partial charge in [0.05, 0.1) is 0 Å². The molecule has 0 aliphatic carbocycles. The van der Waals surface area contributed by atoms with Crippen LogP contribution in [0.2, 0.25) is 0 Å². The number of hydrogen-bond donors (Lipinski definition) is 2. The quantitative estimate of drug-likeness (QED) is 0.849. The SMILES string of the molecule is Nc1ccccc1CNCc1sccc1Br. The smallest absolute Gasteiger partial charge is 0.0359 e. The topological polar surface area (TPSA) is 38.0 Å². The normalized spacial score (nSPS) is 10.6. The van der Waals surface area contributed by atoms with Crippen LogP contribution in [0.4, 0.5) is 5.69 Å². The summed E-state index contributed by atoms with van der Waals surface area (Å²) in [6, 6.07) is 10.0. The molecule has 0 amide bonds. The fourth-order valence-electron chi connectivity index (χ4n) is 1.46. The zero-order valence-corrected chi connectivity index (χ0v) is 11.1. The van der Waals surface area contributed by atoms with E-state index in [1.165, 1.54) is 9.35 Å². The number of nitrogen functional groups attached to an aromatic ring is 1. The Kier molecular flexibility index (Phi) is 3.98. The number of rotatable bonds is 4. The van der Waals surface area contributed by atoms with Gasteiger partial charge in [-0.05, 0) is 39.0 Å². The van der Waals surface area contributed by atoms with Crippen molar-refractivity contribution in [2.75, 3.05) is 5.73 Å². The van der Waals surface area contributed by atoms with Crippen LogP contribution in [0.15, 0.2) is 40.2 Å². The molecule has 1 heterocycles. The number of nitrogens with one attached hydrogen (secondary N) is 1. The first kappa shape index (κ1) is 11.6. The standard InChI is InChI=1S/C12H13BrN2S/c13-10-5-6-16-12(10)8-15-7-9-3-1-2-4-11(9)14/h1-6,15H,7-8,14H2. The van der Waals surface area contributed by atoms with Crippen molar-refractivity contribution in [3.8, 4) is 0 Å². The molecule has 0 spiro atoms. The van der Waals surface area contributed by atoms with E-state index in [1.54, 1.807) is 11.3 Å². The highest BCUT2D eigenvalue weighted by Crippen LogP contribution is 2.22. The van der Waals surface area contributed by atoms with Gasteiger partial charge in [-0.1, -0.05) is 18.2 Å². The number of halogens is 1. The maximum atomic E-state index is 5.86. The van der Waals surface area contributed by atoms with Crippen LogP contribution in [0.3, 0.4) is 0 Å². The summed E-state index contributed by atoms with van der Waals surface area (Å²) < 4.78 is 1.17. The van der Waals surface area contributed by atoms with E-state index in [4.69, 9.17) is 5.73 Å². The van der Waals surface area contributed by atoms with Crippen molar-refractivity contribution in [2.24, 2.45) is 0 Å². The van der Waals surface area contributed by atoms with E-state index in [0.29, 0.717) is 0 Å². The van der Waals surface area contributed by atoms with Crippen molar-refractivity contribution >= 4 is 33.0 Å². The molecule has 0 saturated carbocycles. The highest BCUT2D eigenvalue weighted by atomic mass is 79.9. The highest BCUT2D eigenvalue weighted by molar-refractivity contribution is 9.10. The summed E-state index contributed by atoms with van der Waals surface area (Å²) >= 11 is 5.26. The first-order valence-electron chi connectivity index (χ1n) is 5.03. The monoisotopic (exact) mass is 296 g/mol. The van der Waals surface area contributed by atoms with Crippen molar-refractivity contribution in [2.45, 2.75) is 13.1 Å². The van der Waals surface area contributed by atoms with Crippen molar-refractivity contribution in [1.29, 1.82) is 0 Å². The maximum absolute atomic E-state index is 5.86. The van der Waals surface area contributed by atoms with Gasteiger partial charge in [0.15, 0.2) is 0 Å². The Balaban J connectivity index is 1.89. The lowest BCUT2D eigenvalue weighted by atomic mass is 10.2. The van der Waals surface area contributed by atoms with Gasteiger partial charge in [0.2, 0.25) is 0 Å². The van der Waals surface area contributed by atoms with Crippen molar-refractivity contribution in [3.05, 3.63) is 50.6 Å². The summed E-state index contributed by atoms with van der Waals surface area (Å²) in [4.78, 5) is 1.31. The van der Waals surface area contributed by atoms with E-state index in [2.05, 4.69) is 32.7 Å². The van der Waals surface area contributed by atoms with Gasteiger partial charge in [0, 0.05) is 28.1 Å². The van der Waals surface area contributed by atoms with Crippen molar-refractivity contribution in [3.63, 3.8) is 0 Å². The molecule has 0 aliphatic rings. The van der Waals surface area contributed by atoms with Gasteiger partial charge in [0.1, 0.15) is 0 Å². The predicted molar refractivity (Wildman–Crippen MR) is 73.4 cm³/mol.